The van der Waals surface area contributed by atoms with E-state index in [1.165, 1.54) is 0 Å². The van der Waals surface area contributed by atoms with E-state index in [0.29, 0.717) is 17.3 Å². The Bertz CT molecular complexity index is 572. The number of hydrogen-bond acceptors (Lipinski definition) is 6. The molecule has 0 radical (unpaired) electrons. The molecule has 2 aromatic rings. The van der Waals surface area contributed by atoms with Gasteiger partial charge in [-0.2, -0.15) is 0 Å². The number of hydrogen-bond donors (Lipinski definition) is 2. The zero-order valence-corrected chi connectivity index (χ0v) is 11.8. The Hall–Kier alpha value is -2.18. The second kappa shape index (κ2) is 6.31. The third-order valence-corrected chi connectivity index (χ3v) is 2.98. The number of benzene rings is 1. The predicted molar refractivity (Wildman–Crippen MR) is 75.5 cm³/mol. The van der Waals surface area contributed by atoms with E-state index in [4.69, 9.17) is 15.3 Å². The highest BCUT2D eigenvalue weighted by Gasteiger charge is 2.20. The Balaban J connectivity index is 2.43. The lowest BCUT2D eigenvalue weighted by Gasteiger charge is -2.18. The Labute approximate surface area is 117 Å². The molecule has 106 valence electrons. The molecule has 3 N–H and O–H groups in total. The maximum atomic E-state index is 5.65. The molecule has 1 aromatic carbocycles. The largest absolute Gasteiger partial charge is 0.497 e. The average molecular weight is 274 g/mol. The normalized spacial score (nSPS) is 12.0. The molecule has 1 atom stereocenters. The summed E-state index contributed by atoms with van der Waals surface area (Å²) in [6.07, 6.45) is 3.51. The van der Waals surface area contributed by atoms with Crippen LogP contribution in [-0.4, -0.2) is 24.2 Å². The lowest BCUT2D eigenvalue weighted by atomic mass is 10.0. The van der Waals surface area contributed by atoms with Crippen LogP contribution >= 0.6 is 0 Å². The van der Waals surface area contributed by atoms with Gasteiger partial charge in [0.1, 0.15) is 17.5 Å². The number of hydrazine groups is 1. The van der Waals surface area contributed by atoms with E-state index in [1.54, 1.807) is 32.7 Å². The Kier molecular flexibility index (Phi) is 4.49. The number of methoxy groups -OCH3 is 2. The summed E-state index contributed by atoms with van der Waals surface area (Å²) in [6, 6.07) is 5.17. The molecule has 1 unspecified atom stereocenters. The van der Waals surface area contributed by atoms with Crippen molar-refractivity contribution in [2.75, 3.05) is 14.2 Å². The van der Waals surface area contributed by atoms with Crippen LogP contribution in [0.1, 0.15) is 23.0 Å². The molecule has 1 heterocycles. The zero-order chi connectivity index (χ0) is 14.5. The number of nitrogens with zero attached hydrogens (tertiary/aromatic N) is 2. The molecule has 0 spiro atoms. The minimum atomic E-state index is -0.351. The Morgan fingerprint density at radius 1 is 1.15 bits per heavy atom. The first-order valence-corrected chi connectivity index (χ1v) is 6.16. The fourth-order valence-corrected chi connectivity index (χ4v) is 1.91. The number of rotatable bonds is 5. The van der Waals surface area contributed by atoms with Gasteiger partial charge < -0.3 is 9.47 Å². The van der Waals surface area contributed by atoms with Crippen LogP contribution in [0.4, 0.5) is 0 Å². The van der Waals surface area contributed by atoms with E-state index in [2.05, 4.69) is 15.4 Å². The van der Waals surface area contributed by atoms with Crippen molar-refractivity contribution in [2.24, 2.45) is 5.84 Å². The van der Waals surface area contributed by atoms with Gasteiger partial charge in [0.05, 0.1) is 14.2 Å². The second-order valence-corrected chi connectivity index (χ2v) is 4.33. The highest BCUT2D eigenvalue weighted by molar-refractivity contribution is 5.44. The number of aromatic nitrogens is 2. The van der Waals surface area contributed by atoms with Crippen LogP contribution in [-0.2, 0) is 0 Å². The minimum absolute atomic E-state index is 0.351. The van der Waals surface area contributed by atoms with Gasteiger partial charge in [0, 0.05) is 24.0 Å². The molecule has 0 aliphatic rings. The molecule has 20 heavy (non-hydrogen) atoms. The molecular weight excluding hydrogens is 256 g/mol. The summed E-state index contributed by atoms with van der Waals surface area (Å²) in [7, 11) is 3.21. The standard InChI is InChI=1S/C14H18N4O2/c1-9-7-16-14(17-8-9)13(18-15)11-5-4-10(19-2)6-12(11)20-3/h4-8,13,18H,15H2,1-3H3. The number of nitrogens with two attached hydrogens (primary N) is 1. The van der Waals surface area contributed by atoms with E-state index in [9.17, 15) is 0 Å². The second-order valence-electron chi connectivity index (χ2n) is 4.33. The summed E-state index contributed by atoms with van der Waals surface area (Å²) in [5.74, 6) is 7.61. The monoisotopic (exact) mass is 274 g/mol. The average Bonchev–Trinajstić information content (AvgIpc) is 2.50. The smallest absolute Gasteiger partial charge is 0.151 e. The van der Waals surface area contributed by atoms with Gasteiger partial charge >= 0.3 is 0 Å². The van der Waals surface area contributed by atoms with Crippen molar-refractivity contribution < 1.29 is 9.47 Å². The molecule has 1 aromatic heterocycles. The van der Waals surface area contributed by atoms with E-state index in [-0.39, 0.29) is 6.04 Å². The van der Waals surface area contributed by atoms with Crippen molar-refractivity contribution in [1.29, 1.82) is 0 Å². The fourth-order valence-electron chi connectivity index (χ4n) is 1.91. The number of nitrogens with one attached hydrogen (secondary N) is 1. The lowest BCUT2D eigenvalue weighted by Crippen LogP contribution is -2.30. The molecule has 0 aliphatic heterocycles. The van der Waals surface area contributed by atoms with E-state index >= 15 is 0 Å². The van der Waals surface area contributed by atoms with Gasteiger partial charge in [-0.1, -0.05) is 0 Å². The summed E-state index contributed by atoms with van der Waals surface area (Å²) in [5, 5.41) is 0. The summed E-state index contributed by atoms with van der Waals surface area (Å²) < 4.78 is 10.6. The van der Waals surface area contributed by atoms with Crippen LogP contribution in [0.25, 0.3) is 0 Å². The van der Waals surface area contributed by atoms with Crippen LogP contribution in [0.3, 0.4) is 0 Å². The van der Waals surface area contributed by atoms with Gasteiger partial charge in [-0.3, -0.25) is 5.84 Å². The highest BCUT2D eigenvalue weighted by Crippen LogP contribution is 2.31. The maximum absolute atomic E-state index is 5.65. The molecule has 0 saturated carbocycles. The lowest BCUT2D eigenvalue weighted by molar-refractivity contribution is 0.386. The maximum Gasteiger partial charge on any atom is 0.151 e. The molecule has 6 heteroatoms. The molecule has 2 rings (SSSR count). The van der Waals surface area contributed by atoms with Gasteiger partial charge in [0.25, 0.3) is 0 Å². The first-order chi connectivity index (χ1) is 9.69. The van der Waals surface area contributed by atoms with Gasteiger partial charge in [-0.25, -0.2) is 15.4 Å². The molecule has 6 nitrogen and oxygen atoms in total. The molecule has 0 aliphatic carbocycles. The summed E-state index contributed by atoms with van der Waals surface area (Å²) in [4.78, 5) is 8.61. The number of ether oxygens (including phenoxy) is 2. The van der Waals surface area contributed by atoms with E-state index in [1.807, 2.05) is 19.1 Å². The van der Waals surface area contributed by atoms with Crippen LogP contribution in [0.5, 0.6) is 11.5 Å². The highest BCUT2D eigenvalue weighted by atomic mass is 16.5. The van der Waals surface area contributed by atoms with E-state index < -0.39 is 0 Å². The molecule has 0 saturated heterocycles. The van der Waals surface area contributed by atoms with Gasteiger partial charge in [0.2, 0.25) is 0 Å². The van der Waals surface area contributed by atoms with Gasteiger partial charge in [-0.15, -0.1) is 0 Å². The summed E-state index contributed by atoms with van der Waals surface area (Å²) >= 11 is 0. The molecular formula is C14H18N4O2. The van der Waals surface area contributed by atoms with Crippen LogP contribution < -0.4 is 20.7 Å². The minimum Gasteiger partial charge on any atom is -0.497 e. The van der Waals surface area contributed by atoms with Crippen molar-refractivity contribution in [3.63, 3.8) is 0 Å². The van der Waals surface area contributed by atoms with Gasteiger partial charge in [0.15, 0.2) is 5.82 Å². The quantitative estimate of drug-likeness (QED) is 0.632. The van der Waals surface area contributed by atoms with Gasteiger partial charge in [-0.05, 0) is 24.6 Å². The van der Waals surface area contributed by atoms with Crippen molar-refractivity contribution in [1.82, 2.24) is 15.4 Å². The fraction of sp³-hybridized carbons (Fsp3) is 0.286. The van der Waals surface area contributed by atoms with Crippen LogP contribution in [0.2, 0.25) is 0 Å². The van der Waals surface area contributed by atoms with Crippen molar-refractivity contribution in [3.8, 4) is 11.5 Å². The first-order valence-electron chi connectivity index (χ1n) is 6.16. The Morgan fingerprint density at radius 2 is 1.85 bits per heavy atom. The zero-order valence-electron chi connectivity index (χ0n) is 11.8. The molecule has 0 bridgehead atoms. The van der Waals surface area contributed by atoms with E-state index in [0.717, 1.165) is 11.1 Å². The third kappa shape index (κ3) is 2.87. The topological polar surface area (TPSA) is 82.3 Å². The van der Waals surface area contributed by atoms with Crippen LogP contribution in [0, 0.1) is 6.92 Å². The summed E-state index contributed by atoms with van der Waals surface area (Å²) in [5.41, 5.74) is 4.56. The van der Waals surface area contributed by atoms with Crippen LogP contribution in [0.15, 0.2) is 30.6 Å². The third-order valence-electron chi connectivity index (χ3n) is 2.98. The molecule has 0 fully saturated rings. The van der Waals surface area contributed by atoms with Crippen molar-refractivity contribution >= 4 is 0 Å². The predicted octanol–water partition coefficient (Wildman–Crippen LogP) is 1.35. The number of aryl methyl sites for hydroxylation is 1. The Morgan fingerprint density at radius 3 is 2.40 bits per heavy atom. The first kappa shape index (κ1) is 14.2. The van der Waals surface area contributed by atoms with Crippen molar-refractivity contribution in [2.45, 2.75) is 13.0 Å². The molecule has 0 amide bonds. The van der Waals surface area contributed by atoms with Crippen molar-refractivity contribution in [3.05, 3.63) is 47.5 Å². The SMILES string of the molecule is COc1ccc(C(NN)c2ncc(C)cn2)c(OC)c1. The summed E-state index contributed by atoms with van der Waals surface area (Å²) in [6.45, 7) is 1.93.